The molecule has 0 spiro atoms. The molecule has 3 rings (SSSR count). The summed E-state index contributed by atoms with van der Waals surface area (Å²) < 4.78 is 15.9. The van der Waals surface area contributed by atoms with E-state index < -0.39 is 5.97 Å². The maximum atomic E-state index is 12.1. The van der Waals surface area contributed by atoms with Crippen molar-refractivity contribution >= 4 is 17.9 Å². The van der Waals surface area contributed by atoms with Crippen LogP contribution in [0.2, 0.25) is 0 Å². The summed E-state index contributed by atoms with van der Waals surface area (Å²) >= 11 is 0. The summed E-state index contributed by atoms with van der Waals surface area (Å²) in [5.41, 5.74) is 1.76. The third-order valence-corrected chi connectivity index (χ3v) is 3.41. The van der Waals surface area contributed by atoms with Gasteiger partial charge in [-0.3, -0.25) is 0 Å². The van der Waals surface area contributed by atoms with E-state index in [4.69, 9.17) is 14.2 Å². The molecule has 1 aliphatic rings. The Balaban J connectivity index is 1.89. The Morgan fingerprint density at radius 3 is 2.71 bits per heavy atom. The summed E-state index contributed by atoms with van der Waals surface area (Å²) in [6.45, 7) is 2.50. The maximum Gasteiger partial charge on any atom is 0.363 e. The third kappa shape index (κ3) is 3.46. The minimum atomic E-state index is -0.477. The van der Waals surface area contributed by atoms with Crippen LogP contribution in [0, 0.1) is 0 Å². The number of aliphatic imine (C=N–C) groups is 1. The standard InChI is InChI=1S/C19H17NO4/c1-3-23-16-9-4-6-13(10-16)11-17-19(21)24-18(20-17)14-7-5-8-15(12-14)22-2/h4-12H,3H2,1-2H3/b17-11+. The van der Waals surface area contributed by atoms with Gasteiger partial charge in [0.2, 0.25) is 5.90 Å². The number of nitrogens with zero attached hydrogens (tertiary/aromatic N) is 1. The monoisotopic (exact) mass is 323 g/mol. The molecule has 2 aromatic rings. The SMILES string of the molecule is CCOc1cccc(/C=C2/N=C(c3cccc(OC)c3)OC2=O)c1. The van der Waals surface area contributed by atoms with Crippen LogP contribution in [0.3, 0.4) is 0 Å². The van der Waals surface area contributed by atoms with Crippen molar-refractivity contribution in [3.8, 4) is 11.5 Å². The van der Waals surface area contributed by atoms with Gasteiger partial charge in [-0.05, 0) is 48.9 Å². The lowest BCUT2D eigenvalue weighted by Crippen LogP contribution is -2.05. The highest BCUT2D eigenvalue weighted by Crippen LogP contribution is 2.22. The lowest BCUT2D eigenvalue weighted by Gasteiger charge is -2.03. The second kappa shape index (κ2) is 7.00. The van der Waals surface area contributed by atoms with E-state index in [9.17, 15) is 4.79 Å². The largest absolute Gasteiger partial charge is 0.497 e. The fourth-order valence-electron chi connectivity index (χ4n) is 2.31. The van der Waals surface area contributed by atoms with Crippen LogP contribution >= 0.6 is 0 Å². The summed E-state index contributed by atoms with van der Waals surface area (Å²) in [5.74, 6) is 1.21. The minimum Gasteiger partial charge on any atom is -0.497 e. The van der Waals surface area contributed by atoms with E-state index in [-0.39, 0.29) is 11.6 Å². The molecule has 0 N–H and O–H groups in total. The molecule has 1 heterocycles. The van der Waals surface area contributed by atoms with Crippen molar-refractivity contribution in [2.24, 2.45) is 4.99 Å². The Bertz CT molecular complexity index is 824. The van der Waals surface area contributed by atoms with Gasteiger partial charge >= 0.3 is 5.97 Å². The average Bonchev–Trinajstić information content (AvgIpc) is 2.96. The van der Waals surface area contributed by atoms with Crippen LogP contribution in [0.5, 0.6) is 11.5 Å². The smallest absolute Gasteiger partial charge is 0.363 e. The molecule has 0 saturated carbocycles. The van der Waals surface area contributed by atoms with Crippen LogP contribution in [0.4, 0.5) is 0 Å². The Hall–Kier alpha value is -3.08. The van der Waals surface area contributed by atoms with Gasteiger partial charge in [-0.1, -0.05) is 18.2 Å². The molecule has 0 unspecified atom stereocenters. The van der Waals surface area contributed by atoms with Gasteiger partial charge in [0.15, 0.2) is 5.70 Å². The fraction of sp³-hybridized carbons (Fsp3) is 0.158. The Morgan fingerprint density at radius 2 is 1.92 bits per heavy atom. The Labute approximate surface area is 140 Å². The van der Waals surface area contributed by atoms with E-state index in [1.807, 2.05) is 49.4 Å². The minimum absolute atomic E-state index is 0.251. The number of cyclic esters (lactones) is 1. The molecule has 0 atom stereocenters. The van der Waals surface area contributed by atoms with Crippen LogP contribution in [0.25, 0.3) is 6.08 Å². The van der Waals surface area contributed by atoms with Gasteiger partial charge in [-0.2, -0.15) is 0 Å². The number of benzene rings is 2. The van der Waals surface area contributed by atoms with Crippen molar-refractivity contribution in [2.45, 2.75) is 6.92 Å². The van der Waals surface area contributed by atoms with E-state index in [2.05, 4.69) is 4.99 Å². The molecule has 5 nitrogen and oxygen atoms in total. The highest BCUT2D eigenvalue weighted by atomic mass is 16.6. The van der Waals surface area contributed by atoms with Crippen molar-refractivity contribution < 1.29 is 19.0 Å². The van der Waals surface area contributed by atoms with E-state index in [1.54, 1.807) is 19.3 Å². The van der Waals surface area contributed by atoms with Crippen molar-refractivity contribution in [3.63, 3.8) is 0 Å². The number of carbonyl (C=O) groups excluding carboxylic acids is 1. The van der Waals surface area contributed by atoms with Gasteiger partial charge in [-0.25, -0.2) is 9.79 Å². The fourth-order valence-corrected chi connectivity index (χ4v) is 2.31. The molecule has 0 saturated heterocycles. The predicted molar refractivity (Wildman–Crippen MR) is 91.2 cm³/mol. The summed E-state index contributed by atoms with van der Waals surface area (Å²) in [6.07, 6.45) is 1.68. The molecular weight excluding hydrogens is 306 g/mol. The van der Waals surface area contributed by atoms with Crippen LogP contribution in [-0.2, 0) is 9.53 Å². The number of methoxy groups -OCH3 is 1. The lowest BCUT2D eigenvalue weighted by atomic mass is 10.2. The maximum absolute atomic E-state index is 12.1. The van der Waals surface area contributed by atoms with Crippen molar-refractivity contribution in [1.29, 1.82) is 0 Å². The van der Waals surface area contributed by atoms with Gasteiger partial charge in [-0.15, -0.1) is 0 Å². The summed E-state index contributed by atoms with van der Waals surface area (Å²) in [4.78, 5) is 16.4. The number of carbonyl (C=O) groups is 1. The predicted octanol–water partition coefficient (Wildman–Crippen LogP) is 3.44. The molecule has 24 heavy (non-hydrogen) atoms. The molecule has 2 aromatic carbocycles. The molecule has 0 aromatic heterocycles. The van der Waals surface area contributed by atoms with Crippen molar-refractivity contribution in [2.75, 3.05) is 13.7 Å². The molecule has 0 aliphatic carbocycles. The number of hydrogen-bond donors (Lipinski definition) is 0. The van der Waals surface area contributed by atoms with E-state index in [0.717, 1.165) is 11.3 Å². The van der Waals surface area contributed by atoms with Crippen LogP contribution < -0.4 is 9.47 Å². The molecule has 0 radical (unpaired) electrons. The third-order valence-electron chi connectivity index (χ3n) is 3.41. The van der Waals surface area contributed by atoms with Gasteiger partial charge in [0, 0.05) is 5.56 Å². The first kappa shape index (κ1) is 15.8. The zero-order valence-corrected chi connectivity index (χ0v) is 13.5. The normalized spacial score (nSPS) is 15.2. The first-order valence-corrected chi connectivity index (χ1v) is 7.59. The summed E-state index contributed by atoms with van der Waals surface area (Å²) in [6, 6.07) is 14.7. The van der Waals surface area contributed by atoms with E-state index in [1.165, 1.54) is 0 Å². The number of rotatable bonds is 5. The van der Waals surface area contributed by atoms with Gasteiger partial charge in [0.25, 0.3) is 0 Å². The second-order valence-corrected chi connectivity index (χ2v) is 5.07. The molecule has 0 amide bonds. The molecule has 0 fully saturated rings. The first-order valence-electron chi connectivity index (χ1n) is 7.59. The zero-order chi connectivity index (χ0) is 16.9. The number of esters is 1. The topological polar surface area (TPSA) is 57.1 Å². The van der Waals surface area contributed by atoms with Crippen LogP contribution in [0.1, 0.15) is 18.1 Å². The number of hydrogen-bond acceptors (Lipinski definition) is 5. The molecule has 0 bridgehead atoms. The van der Waals surface area contributed by atoms with Gasteiger partial charge in [0.05, 0.1) is 13.7 Å². The van der Waals surface area contributed by atoms with Gasteiger partial charge < -0.3 is 14.2 Å². The molecule has 1 aliphatic heterocycles. The van der Waals surface area contributed by atoms with Gasteiger partial charge in [0.1, 0.15) is 11.5 Å². The summed E-state index contributed by atoms with van der Waals surface area (Å²) in [5, 5.41) is 0. The van der Waals surface area contributed by atoms with Crippen molar-refractivity contribution in [3.05, 3.63) is 65.4 Å². The molecular formula is C19H17NO4. The van der Waals surface area contributed by atoms with E-state index in [0.29, 0.717) is 17.9 Å². The summed E-state index contributed by atoms with van der Waals surface area (Å²) in [7, 11) is 1.58. The van der Waals surface area contributed by atoms with Crippen molar-refractivity contribution in [1.82, 2.24) is 0 Å². The quantitative estimate of drug-likeness (QED) is 0.625. The zero-order valence-electron chi connectivity index (χ0n) is 13.5. The highest BCUT2D eigenvalue weighted by Gasteiger charge is 2.24. The second-order valence-electron chi connectivity index (χ2n) is 5.07. The number of ether oxygens (including phenoxy) is 3. The average molecular weight is 323 g/mol. The molecule has 122 valence electrons. The Kier molecular flexibility index (Phi) is 4.61. The van der Waals surface area contributed by atoms with Crippen LogP contribution in [0.15, 0.2) is 59.2 Å². The lowest BCUT2D eigenvalue weighted by molar-refractivity contribution is -0.129. The Morgan fingerprint density at radius 1 is 1.12 bits per heavy atom. The molecule has 5 heteroatoms. The highest BCUT2D eigenvalue weighted by molar-refractivity contribution is 6.12. The van der Waals surface area contributed by atoms with E-state index >= 15 is 0 Å². The first-order chi connectivity index (χ1) is 11.7. The van der Waals surface area contributed by atoms with Crippen LogP contribution in [-0.4, -0.2) is 25.6 Å².